The Morgan fingerprint density at radius 1 is 1.45 bits per heavy atom. The van der Waals surface area contributed by atoms with E-state index in [4.69, 9.17) is 4.74 Å². The Balaban J connectivity index is 2.18. The number of rotatable bonds is 6. The van der Waals surface area contributed by atoms with Crippen LogP contribution in [0.2, 0.25) is 0 Å². The van der Waals surface area contributed by atoms with Gasteiger partial charge < -0.3 is 10.1 Å². The second-order valence-corrected chi connectivity index (χ2v) is 5.53. The first kappa shape index (κ1) is 15.1. The van der Waals surface area contributed by atoms with Crippen LogP contribution in [0.4, 0.5) is 0 Å². The number of nitrogens with zero attached hydrogens (tertiary/aromatic N) is 2. The minimum atomic E-state index is 0.359. The van der Waals surface area contributed by atoms with Crippen molar-refractivity contribution in [2.75, 3.05) is 14.2 Å². The zero-order valence-corrected chi connectivity index (χ0v) is 13.6. The number of ether oxygens (including phenoxy) is 1. The van der Waals surface area contributed by atoms with Crippen LogP contribution in [0.25, 0.3) is 0 Å². The highest BCUT2D eigenvalue weighted by atomic mass is 79.9. The quantitative estimate of drug-likeness (QED) is 0.878. The normalized spacial score (nSPS) is 12.4. The van der Waals surface area contributed by atoms with Gasteiger partial charge in [0.15, 0.2) is 0 Å². The second-order valence-electron chi connectivity index (χ2n) is 4.68. The summed E-state index contributed by atoms with van der Waals surface area (Å²) in [6, 6.07) is 6.33. The average molecular weight is 338 g/mol. The number of hydrogen-bond donors (Lipinski definition) is 1. The molecule has 0 aliphatic heterocycles. The first-order chi connectivity index (χ1) is 9.67. The van der Waals surface area contributed by atoms with Crippen molar-refractivity contribution in [1.82, 2.24) is 15.1 Å². The van der Waals surface area contributed by atoms with Crippen LogP contribution in [0.5, 0.6) is 5.75 Å². The smallest absolute Gasteiger partial charge is 0.119 e. The molecule has 0 aliphatic carbocycles. The molecule has 1 N–H and O–H groups in total. The maximum atomic E-state index is 5.27. The molecule has 1 atom stereocenters. The summed E-state index contributed by atoms with van der Waals surface area (Å²) < 4.78 is 8.28. The van der Waals surface area contributed by atoms with Gasteiger partial charge in [-0.1, -0.05) is 22.9 Å². The third-order valence-electron chi connectivity index (χ3n) is 3.40. The Morgan fingerprint density at radius 3 is 2.90 bits per heavy atom. The summed E-state index contributed by atoms with van der Waals surface area (Å²) in [7, 11) is 3.65. The van der Waals surface area contributed by atoms with Gasteiger partial charge in [-0.15, -0.1) is 0 Å². The van der Waals surface area contributed by atoms with Crippen LogP contribution in [0, 0.1) is 0 Å². The number of methoxy groups -OCH3 is 1. The van der Waals surface area contributed by atoms with Gasteiger partial charge in [0.05, 0.1) is 19.9 Å². The third kappa shape index (κ3) is 3.41. The maximum absolute atomic E-state index is 5.27. The van der Waals surface area contributed by atoms with Gasteiger partial charge in [0.2, 0.25) is 0 Å². The molecule has 1 unspecified atom stereocenters. The van der Waals surface area contributed by atoms with Crippen molar-refractivity contribution >= 4 is 15.9 Å². The first-order valence-corrected chi connectivity index (χ1v) is 7.49. The zero-order chi connectivity index (χ0) is 14.5. The predicted molar refractivity (Wildman–Crippen MR) is 84.1 cm³/mol. The Kier molecular flexibility index (Phi) is 5.20. The van der Waals surface area contributed by atoms with E-state index in [-0.39, 0.29) is 0 Å². The fraction of sp³-hybridized carbons (Fsp3) is 0.400. The highest BCUT2D eigenvalue weighted by molar-refractivity contribution is 9.10. The molecule has 0 saturated carbocycles. The van der Waals surface area contributed by atoms with Gasteiger partial charge in [0.25, 0.3) is 0 Å². The van der Waals surface area contributed by atoms with E-state index in [1.54, 1.807) is 7.11 Å². The summed E-state index contributed by atoms with van der Waals surface area (Å²) in [5, 5.41) is 7.73. The topological polar surface area (TPSA) is 39.1 Å². The van der Waals surface area contributed by atoms with E-state index < -0.39 is 0 Å². The molecule has 0 radical (unpaired) electrons. The molecular formula is C15H20BrN3O. The number of halogens is 1. The van der Waals surface area contributed by atoms with Crippen LogP contribution in [-0.2, 0) is 6.54 Å². The van der Waals surface area contributed by atoms with Gasteiger partial charge in [0.1, 0.15) is 5.75 Å². The van der Waals surface area contributed by atoms with Crippen molar-refractivity contribution in [2.45, 2.75) is 25.9 Å². The Hall–Kier alpha value is -1.33. The van der Waals surface area contributed by atoms with E-state index in [0.29, 0.717) is 6.04 Å². The molecule has 2 aromatic rings. The van der Waals surface area contributed by atoms with E-state index in [2.05, 4.69) is 39.5 Å². The molecule has 1 aromatic carbocycles. The molecule has 0 fully saturated rings. The standard InChI is InChI=1S/C15H20BrN3O/c1-4-15(17-2)12-8-18-19(10-12)9-11-7-13(20-3)5-6-14(11)16/h5-8,10,15,17H,4,9H2,1-3H3. The highest BCUT2D eigenvalue weighted by Gasteiger charge is 2.10. The minimum Gasteiger partial charge on any atom is -0.497 e. The van der Waals surface area contributed by atoms with Crippen LogP contribution in [0.15, 0.2) is 35.1 Å². The minimum absolute atomic E-state index is 0.359. The molecule has 1 aromatic heterocycles. The molecule has 0 amide bonds. The molecule has 2 rings (SSSR count). The molecule has 5 heteroatoms. The lowest BCUT2D eigenvalue weighted by atomic mass is 10.1. The third-order valence-corrected chi connectivity index (χ3v) is 4.17. The molecular weight excluding hydrogens is 318 g/mol. The second kappa shape index (κ2) is 6.90. The van der Waals surface area contributed by atoms with Crippen LogP contribution in [-0.4, -0.2) is 23.9 Å². The summed E-state index contributed by atoms with van der Waals surface area (Å²) in [6.07, 6.45) is 5.07. The molecule has 0 bridgehead atoms. The summed E-state index contributed by atoms with van der Waals surface area (Å²) in [5.74, 6) is 0.859. The summed E-state index contributed by atoms with van der Waals surface area (Å²) in [4.78, 5) is 0. The van der Waals surface area contributed by atoms with Gasteiger partial charge >= 0.3 is 0 Å². The lowest BCUT2D eigenvalue weighted by molar-refractivity contribution is 0.414. The van der Waals surface area contributed by atoms with Gasteiger partial charge in [-0.25, -0.2) is 0 Å². The maximum Gasteiger partial charge on any atom is 0.119 e. The van der Waals surface area contributed by atoms with Crippen LogP contribution >= 0.6 is 15.9 Å². The average Bonchev–Trinajstić information content (AvgIpc) is 2.91. The van der Waals surface area contributed by atoms with Crippen LogP contribution < -0.4 is 10.1 Å². The van der Waals surface area contributed by atoms with E-state index >= 15 is 0 Å². The molecule has 0 saturated heterocycles. The van der Waals surface area contributed by atoms with Gasteiger partial charge in [-0.3, -0.25) is 4.68 Å². The van der Waals surface area contributed by atoms with Gasteiger partial charge in [0, 0.05) is 22.3 Å². The predicted octanol–water partition coefficient (Wildman–Crippen LogP) is 3.37. The molecule has 0 aliphatic rings. The highest BCUT2D eigenvalue weighted by Crippen LogP contribution is 2.23. The van der Waals surface area contributed by atoms with E-state index in [1.807, 2.05) is 36.1 Å². The lowest BCUT2D eigenvalue weighted by Gasteiger charge is -2.11. The lowest BCUT2D eigenvalue weighted by Crippen LogP contribution is -2.14. The van der Waals surface area contributed by atoms with Crippen molar-refractivity contribution < 1.29 is 4.74 Å². The number of nitrogens with one attached hydrogen (secondary N) is 1. The van der Waals surface area contributed by atoms with E-state index in [1.165, 1.54) is 5.56 Å². The molecule has 1 heterocycles. The summed E-state index contributed by atoms with van der Waals surface area (Å²) in [6.45, 7) is 2.88. The monoisotopic (exact) mass is 337 g/mol. The van der Waals surface area contributed by atoms with Gasteiger partial charge in [-0.2, -0.15) is 5.10 Å². The number of hydrogen-bond acceptors (Lipinski definition) is 3. The Bertz CT molecular complexity index is 564. The van der Waals surface area contributed by atoms with E-state index in [0.717, 1.165) is 28.8 Å². The van der Waals surface area contributed by atoms with E-state index in [9.17, 15) is 0 Å². The Labute approximate surface area is 128 Å². The fourth-order valence-electron chi connectivity index (χ4n) is 2.23. The summed E-state index contributed by atoms with van der Waals surface area (Å²) >= 11 is 3.57. The number of benzene rings is 1. The van der Waals surface area contributed by atoms with Crippen LogP contribution in [0.3, 0.4) is 0 Å². The molecule has 4 nitrogen and oxygen atoms in total. The van der Waals surface area contributed by atoms with Crippen molar-refractivity contribution in [2.24, 2.45) is 0 Å². The first-order valence-electron chi connectivity index (χ1n) is 6.70. The van der Waals surface area contributed by atoms with Crippen LogP contribution in [0.1, 0.15) is 30.5 Å². The van der Waals surface area contributed by atoms with Crippen molar-refractivity contribution in [1.29, 1.82) is 0 Å². The largest absolute Gasteiger partial charge is 0.497 e. The molecule has 108 valence electrons. The van der Waals surface area contributed by atoms with Crippen molar-refractivity contribution in [3.8, 4) is 5.75 Å². The SMILES string of the molecule is CCC(NC)c1cnn(Cc2cc(OC)ccc2Br)c1. The van der Waals surface area contributed by atoms with Crippen molar-refractivity contribution in [3.63, 3.8) is 0 Å². The Morgan fingerprint density at radius 2 is 2.25 bits per heavy atom. The molecule has 20 heavy (non-hydrogen) atoms. The van der Waals surface area contributed by atoms with Gasteiger partial charge in [-0.05, 0) is 37.2 Å². The summed E-state index contributed by atoms with van der Waals surface area (Å²) in [5.41, 5.74) is 2.37. The van der Waals surface area contributed by atoms with Crippen molar-refractivity contribution in [3.05, 3.63) is 46.2 Å². The zero-order valence-electron chi connectivity index (χ0n) is 12.1. The molecule has 0 spiro atoms. The number of aromatic nitrogens is 2. The fourth-order valence-corrected chi connectivity index (χ4v) is 2.60.